The minimum Gasteiger partial charge on any atom is -0.480 e. The molecule has 6 nitrogen and oxygen atoms in total. The van der Waals surface area contributed by atoms with Gasteiger partial charge >= 0.3 is 11.9 Å². The molecule has 0 radical (unpaired) electrons. The number of hydrogen-bond donors (Lipinski definition) is 2. The highest BCUT2D eigenvalue weighted by molar-refractivity contribution is 5.85. The van der Waals surface area contributed by atoms with Gasteiger partial charge in [-0.2, -0.15) is 0 Å². The molecule has 2 saturated carbocycles. The molecule has 0 heterocycles. The second kappa shape index (κ2) is 6.24. The minimum atomic E-state index is -1.11. The van der Waals surface area contributed by atoms with Crippen molar-refractivity contribution in [3.63, 3.8) is 0 Å². The first kappa shape index (κ1) is 14.8. The Morgan fingerprint density at radius 3 is 2.55 bits per heavy atom. The summed E-state index contributed by atoms with van der Waals surface area (Å²) >= 11 is 0. The third-order valence-electron chi connectivity index (χ3n) is 4.55. The molecule has 20 heavy (non-hydrogen) atoms. The second-order valence-corrected chi connectivity index (χ2v) is 5.80. The summed E-state index contributed by atoms with van der Waals surface area (Å²) in [7, 11) is 1.26. The zero-order valence-corrected chi connectivity index (χ0v) is 11.6. The molecule has 3 unspecified atom stereocenters. The van der Waals surface area contributed by atoms with E-state index in [0.29, 0.717) is 11.8 Å². The standard InChI is InChI=1S/C14H21NO5/c1-20-12(16)5-4-11(14(18)19)15-13(17)10-7-8-2-3-9(10)6-8/h8-11H,2-7H2,1H3,(H,15,17)(H,18,19)/t8?,9?,10?,11-/m1/s1. The summed E-state index contributed by atoms with van der Waals surface area (Å²) in [5, 5.41) is 11.7. The highest BCUT2D eigenvalue weighted by Crippen LogP contribution is 2.48. The van der Waals surface area contributed by atoms with Crippen molar-refractivity contribution < 1.29 is 24.2 Å². The number of amides is 1. The summed E-state index contributed by atoms with van der Waals surface area (Å²) in [6.07, 6.45) is 4.29. The van der Waals surface area contributed by atoms with Crippen LogP contribution in [0.15, 0.2) is 0 Å². The van der Waals surface area contributed by atoms with Crippen molar-refractivity contribution in [3.05, 3.63) is 0 Å². The van der Waals surface area contributed by atoms with E-state index in [9.17, 15) is 14.4 Å². The molecule has 1 amide bonds. The zero-order chi connectivity index (χ0) is 14.7. The topological polar surface area (TPSA) is 92.7 Å². The molecule has 0 aliphatic heterocycles. The summed E-state index contributed by atoms with van der Waals surface area (Å²) in [6.45, 7) is 0. The van der Waals surface area contributed by atoms with E-state index < -0.39 is 18.0 Å². The van der Waals surface area contributed by atoms with Gasteiger partial charge in [0, 0.05) is 12.3 Å². The van der Waals surface area contributed by atoms with Crippen LogP contribution in [0.3, 0.4) is 0 Å². The smallest absolute Gasteiger partial charge is 0.326 e. The molecular formula is C14H21NO5. The van der Waals surface area contributed by atoms with Crippen molar-refractivity contribution in [2.45, 2.75) is 44.6 Å². The molecule has 0 spiro atoms. The summed E-state index contributed by atoms with van der Waals surface area (Å²) in [5.74, 6) is -0.747. The Hall–Kier alpha value is -1.59. The van der Waals surface area contributed by atoms with Crippen LogP contribution in [-0.2, 0) is 19.1 Å². The van der Waals surface area contributed by atoms with Crippen LogP contribution >= 0.6 is 0 Å². The van der Waals surface area contributed by atoms with Gasteiger partial charge in [0.25, 0.3) is 0 Å². The average molecular weight is 283 g/mol. The van der Waals surface area contributed by atoms with E-state index in [1.807, 2.05) is 0 Å². The van der Waals surface area contributed by atoms with Gasteiger partial charge in [-0.3, -0.25) is 9.59 Å². The van der Waals surface area contributed by atoms with Crippen molar-refractivity contribution in [1.29, 1.82) is 0 Å². The van der Waals surface area contributed by atoms with Gasteiger partial charge in [-0.25, -0.2) is 4.79 Å². The van der Waals surface area contributed by atoms with Crippen molar-refractivity contribution in [2.75, 3.05) is 7.11 Å². The molecule has 2 rings (SSSR count). The number of carboxylic acids is 1. The van der Waals surface area contributed by atoms with E-state index in [0.717, 1.165) is 19.3 Å². The lowest BCUT2D eigenvalue weighted by Crippen LogP contribution is -2.45. The maximum absolute atomic E-state index is 12.2. The molecule has 2 aliphatic rings. The maximum atomic E-state index is 12.2. The van der Waals surface area contributed by atoms with Crippen molar-refractivity contribution in [2.24, 2.45) is 17.8 Å². The summed E-state index contributed by atoms with van der Waals surface area (Å²) in [6, 6.07) is -1.01. The lowest BCUT2D eigenvalue weighted by atomic mass is 9.88. The highest BCUT2D eigenvalue weighted by Gasteiger charge is 2.43. The molecule has 2 aliphatic carbocycles. The number of carbonyl (C=O) groups is 3. The number of aliphatic carboxylic acids is 1. The number of rotatable bonds is 6. The lowest BCUT2D eigenvalue weighted by molar-refractivity contribution is -0.144. The maximum Gasteiger partial charge on any atom is 0.326 e. The third kappa shape index (κ3) is 3.29. The Bertz CT molecular complexity index is 408. The minimum absolute atomic E-state index is 0.00946. The molecule has 0 aromatic carbocycles. The van der Waals surface area contributed by atoms with E-state index in [2.05, 4.69) is 10.1 Å². The highest BCUT2D eigenvalue weighted by atomic mass is 16.5. The number of ether oxygens (including phenoxy) is 1. The van der Waals surface area contributed by atoms with Crippen LogP contribution in [0.5, 0.6) is 0 Å². The van der Waals surface area contributed by atoms with Crippen LogP contribution in [-0.4, -0.2) is 36.1 Å². The first-order valence-electron chi connectivity index (χ1n) is 7.11. The third-order valence-corrected chi connectivity index (χ3v) is 4.55. The van der Waals surface area contributed by atoms with Gasteiger partial charge in [0.2, 0.25) is 5.91 Å². The van der Waals surface area contributed by atoms with Gasteiger partial charge in [0.1, 0.15) is 6.04 Å². The van der Waals surface area contributed by atoms with E-state index in [4.69, 9.17) is 5.11 Å². The van der Waals surface area contributed by atoms with Crippen LogP contribution in [0.1, 0.15) is 38.5 Å². The predicted octanol–water partition coefficient (Wildman–Crippen LogP) is 0.945. The SMILES string of the molecule is COC(=O)CC[C@@H](NC(=O)C1CC2CCC1C2)C(=O)O. The fourth-order valence-corrected chi connectivity index (χ4v) is 3.47. The zero-order valence-electron chi connectivity index (χ0n) is 11.6. The van der Waals surface area contributed by atoms with E-state index >= 15 is 0 Å². The fourth-order valence-electron chi connectivity index (χ4n) is 3.47. The van der Waals surface area contributed by atoms with E-state index in [1.165, 1.54) is 13.5 Å². The van der Waals surface area contributed by atoms with Crippen LogP contribution in [0.4, 0.5) is 0 Å². The fraction of sp³-hybridized carbons (Fsp3) is 0.786. The van der Waals surface area contributed by atoms with Crippen LogP contribution in [0.2, 0.25) is 0 Å². The summed E-state index contributed by atoms with van der Waals surface area (Å²) in [4.78, 5) is 34.4. The number of methoxy groups -OCH3 is 1. The number of carboxylic acid groups (broad SMARTS) is 1. The number of esters is 1. The van der Waals surface area contributed by atoms with Gasteiger partial charge < -0.3 is 15.2 Å². The number of nitrogens with one attached hydrogen (secondary N) is 1. The van der Waals surface area contributed by atoms with Gasteiger partial charge in [0.05, 0.1) is 7.11 Å². The second-order valence-electron chi connectivity index (χ2n) is 5.80. The Morgan fingerprint density at radius 2 is 2.05 bits per heavy atom. The largest absolute Gasteiger partial charge is 0.480 e. The normalized spacial score (nSPS) is 28.9. The molecular weight excluding hydrogens is 262 g/mol. The first-order valence-corrected chi connectivity index (χ1v) is 7.11. The molecule has 0 aromatic heterocycles. The molecule has 0 aromatic rings. The van der Waals surface area contributed by atoms with Crippen molar-refractivity contribution in [3.8, 4) is 0 Å². The van der Waals surface area contributed by atoms with Crippen LogP contribution < -0.4 is 5.32 Å². The molecule has 2 N–H and O–H groups in total. The number of fused-ring (bicyclic) bond motifs is 2. The number of hydrogen-bond acceptors (Lipinski definition) is 4. The Balaban J connectivity index is 1.86. The van der Waals surface area contributed by atoms with E-state index in [1.54, 1.807) is 0 Å². The molecule has 112 valence electrons. The molecule has 6 heteroatoms. The van der Waals surface area contributed by atoms with E-state index in [-0.39, 0.29) is 24.7 Å². The van der Waals surface area contributed by atoms with Crippen LogP contribution in [0.25, 0.3) is 0 Å². The van der Waals surface area contributed by atoms with Crippen molar-refractivity contribution in [1.82, 2.24) is 5.32 Å². The molecule has 4 atom stereocenters. The molecule has 2 bridgehead atoms. The van der Waals surface area contributed by atoms with Gasteiger partial charge in [0.15, 0.2) is 0 Å². The Morgan fingerprint density at radius 1 is 1.30 bits per heavy atom. The summed E-state index contributed by atoms with van der Waals surface area (Å²) in [5.41, 5.74) is 0. The molecule has 2 fully saturated rings. The van der Waals surface area contributed by atoms with Gasteiger partial charge in [-0.15, -0.1) is 0 Å². The predicted molar refractivity (Wildman–Crippen MR) is 69.8 cm³/mol. The number of carbonyl (C=O) groups excluding carboxylic acids is 2. The molecule has 0 saturated heterocycles. The first-order chi connectivity index (χ1) is 9.51. The van der Waals surface area contributed by atoms with Gasteiger partial charge in [-0.05, 0) is 37.5 Å². The monoisotopic (exact) mass is 283 g/mol. The van der Waals surface area contributed by atoms with Crippen LogP contribution in [0, 0.1) is 17.8 Å². The Kier molecular flexibility index (Phi) is 4.62. The Labute approximate surface area is 117 Å². The summed E-state index contributed by atoms with van der Waals surface area (Å²) < 4.78 is 4.48. The van der Waals surface area contributed by atoms with Gasteiger partial charge in [-0.1, -0.05) is 6.42 Å². The van der Waals surface area contributed by atoms with Crippen molar-refractivity contribution >= 4 is 17.8 Å². The average Bonchev–Trinajstić information content (AvgIpc) is 3.04. The quantitative estimate of drug-likeness (QED) is 0.708. The lowest BCUT2D eigenvalue weighted by Gasteiger charge is -2.23.